The Morgan fingerprint density at radius 3 is 2.70 bits per heavy atom. The van der Waals surface area contributed by atoms with Crippen LogP contribution in [0.3, 0.4) is 0 Å². The maximum absolute atomic E-state index is 12.2. The summed E-state index contributed by atoms with van der Waals surface area (Å²) in [6.07, 6.45) is 3.38. The lowest BCUT2D eigenvalue weighted by Gasteiger charge is -2.18. The summed E-state index contributed by atoms with van der Waals surface area (Å²) in [5.74, 6) is 0.353. The maximum Gasteiger partial charge on any atom is 0.356 e. The summed E-state index contributed by atoms with van der Waals surface area (Å²) in [6, 6.07) is 3.65. The third-order valence-electron chi connectivity index (χ3n) is 4.02. The molecule has 2 aliphatic rings. The van der Waals surface area contributed by atoms with Gasteiger partial charge in [0.2, 0.25) is 12.0 Å². The number of oxime groups is 1. The maximum atomic E-state index is 12.2. The highest BCUT2D eigenvalue weighted by molar-refractivity contribution is 6.37. The molecule has 8 heteroatoms. The highest BCUT2D eigenvalue weighted by atomic mass is 16.7. The van der Waals surface area contributed by atoms with E-state index in [4.69, 9.17) is 14.3 Å². The summed E-state index contributed by atoms with van der Waals surface area (Å²) in [7, 11) is 0. The van der Waals surface area contributed by atoms with E-state index in [1.165, 1.54) is 12.8 Å². The second-order valence-corrected chi connectivity index (χ2v) is 7.81. The SMILES string of the molecule is CC(C)(C)OC(=O)C1=NO[C@H](C(=O)NCc2ccc(OCC3CC3)nc2)C1. The molecule has 27 heavy (non-hydrogen) atoms. The van der Waals surface area contributed by atoms with Crippen LogP contribution in [0.1, 0.15) is 45.6 Å². The Labute approximate surface area is 158 Å². The number of nitrogens with one attached hydrogen (secondary N) is 1. The first kappa shape index (κ1) is 19.1. The van der Waals surface area contributed by atoms with Crippen molar-refractivity contribution in [3.63, 3.8) is 0 Å². The van der Waals surface area contributed by atoms with Gasteiger partial charge < -0.3 is 19.6 Å². The zero-order valence-corrected chi connectivity index (χ0v) is 15.9. The lowest BCUT2D eigenvalue weighted by molar-refractivity contribution is -0.146. The number of aromatic nitrogens is 1. The molecule has 0 unspecified atom stereocenters. The summed E-state index contributed by atoms with van der Waals surface area (Å²) in [4.78, 5) is 33.5. The van der Waals surface area contributed by atoms with E-state index in [0.29, 0.717) is 24.9 Å². The van der Waals surface area contributed by atoms with Crippen LogP contribution in [0.2, 0.25) is 0 Å². The number of hydrogen-bond donors (Lipinski definition) is 1. The van der Waals surface area contributed by atoms with E-state index in [-0.39, 0.29) is 18.0 Å². The number of rotatable bonds is 7. The standard InChI is InChI=1S/C19H25N3O5/c1-19(2,3)26-18(24)14-8-15(27-22-14)17(23)21-10-13-6-7-16(20-9-13)25-11-12-4-5-12/h6-7,9,12,15H,4-5,8,10-11H2,1-3H3,(H,21,23)/t15-/m0/s1. The second-order valence-electron chi connectivity index (χ2n) is 7.81. The fourth-order valence-corrected chi connectivity index (χ4v) is 2.37. The highest BCUT2D eigenvalue weighted by Crippen LogP contribution is 2.29. The zero-order chi connectivity index (χ0) is 19.4. The van der Waals surface area contributed by atoms with E-state index in [1.807, 2.05) is 6.07 Å². The molecule has 8 nitrogen and oxygen atoms in total. The largest absolute Gasteiger partial charge is 0.477 e. The van der Waals surface area contributed by atoms with Gasteiger partial charge >= 0.3 is 5.97 Å². The summed E-state index contributed by atoms with van der Waals surface area (Å²) in [6.45, 7) is 6.31. The van der Waals surface area contributed by atoms with Crippen molar-refractivity contribution in [3.8, 4) is 5.88 Å². The average Bonchev–Trinajstić information content (AvgIpc) is 3.30. The molecule has 0 saturated heterocycles. The Bertz CT molecular complexity index is 720. The van der Waals surface area contributed by atoms with Gasteiger partial charge in [-0.3, -0.25) is 4.79 Å². The first-order chi connectivity index (χ1) is 12.8. The van der Waals surface area contributed by atoms with Crippen molar-refractivity contribution in [3.05, 3.63) is 23.9 Å². The molecule has 1 atom stereocenters. The Hall–Kier alpha value is -2.64. The van der Waals surface area contributed by atoms with Gasteiger partial charge in [-0.2, -0.15) is 0 Å². The molecule has 146 valence electrons. The fraction of sp³-hybridized carbons (Fsp3) is 0.579. The van der Waals surface area contributed by atoms with Crippen LogP contribution in [0.4, 0.5) is 0 Å². The Morgan fingerprint density at radius 1 is 1.30 bits per heavy atom. The van der Waals surface area contributed by atoms with Crippen LogP contribution in [0.5, 0.6) is 5.88 Å². The topological polar surface area (TPSA) is 99.1 Å². The summed E-state index contributed by atoms with van der Waals surface area (Å²) in [5.41, 5.74) is 0.332. The Balaban J connectivity index is 1.41. The van der Waals surface area contributed by atoms with Crippen LogP contribution in [-0.2, 0) is 25.7 Å². The zero-order valence-electron chi connectivity index (χ0n) is 15.9. The molecule has 1 fully saturated rings. The van der Waals surface area contributed by atoms with E-state index < -0.39 is 17.7 Å². The number of nitrogens with zero attached hydrogens (tertiary/aromatic N) is 2. The lowest BCUT2D eigenvalue weighted by Crippen LogP contribution is -2.35. The van der Waals surface area contributed by atoms with Crippen LogP contribution in [0, 0.1) is 5.92 Å². The van der Waals surface area contributed by atoms with E-state index in [9.17, 15) is 9.59 Å². The third kappa shape index (κ3) is 5.94. The van der Waals surface area contributed by atoms with Crippen molar-refractivity contribution in [2.24, 2.45) is 11.1 Å². The molecule has 1 amide bonds. The predicted octanol–water partition coefficient (Wildman–Crippen LogP) is 1.97. The first-order valence-corrected chi connectivity index (χ1v) is 9.11. The quantitative estimate of drug-likeness (QED) is 0.732. The molecule has 1 aliphatic heterocycles. The number of carbonyl (C=O) groups excluding carboxylic acids is 2. The number of esters is 1. The van der Waals surface area contributed by atoms with Gasteiger partial charge in [0.1, 0.15) is 5.60 Å². The summed E-state index contributed by atoms with van der Waals surface area (Å²) >= 11 is 0. The minimum absolute atomic E-state index is 0.0902. The molecule has 0 bridgehead atoms. The molecule has 0 spiro atoms. The minimum atomic E-state index is -0.832. The number of hydrogen-bond acceptors (Lipinski definition) is 7. The van der Waals surface area contributed by atoms with Crippen LogP contribution in [-0.4, -0.2) is 40.9 Å². The molecule has 1 aromatic rings. The first-order valence-electron chi connectivity index (χ1n) is 9.11. The van der Waals surface area contributed by atoms with Crippen molar-refractivity contribution in [2.45, 2.75) is 58.3 Å². The van der Waals surface area contributed by atoms with Crippen molar-refractivity contribution in [1.82, 2.24) is 10.3 Å². The molecular weight excluding hydrogens is 350 g/mol. The smallest absolute Gasteiger partial charge is 0.356 e. The van der Waals surface area contributed by atoms with Crippen molar-refractivity contribution >= 4 is 17.6 Å². The molecule has 0 aromatic carbocycles. The van der Waals surface area contributed by atoms with Crippen molar-refractivity contribution in [1.29, 1.82) is 0 Å². The molecule has 1 aliphatic carbocycles. The Morgan fingerprint density at radius 2 is 2.07 bits per heavy atom. The molecular formula is C19H25N3O5. The number of pyridine rings is 1. The Kier molecular flexibility index (Phi) is 5.62. The number of carbonyl (C=O) groups is 2. The predicted molar refractivity (Wildman–Crippen MR) is 97.1 cm³/mol. The molecule has 1 aromatic heterocycles. The van der Waals surface area contributed by atoms with Gasteiger partial charge in [0, 0.05) is 25.2 Å². The molecule has 0 radical (unpaired) electrons. The van der Waals surface area contributed by atoms with Crippen LogP contribution in [0.25, 0.3) is 0 Å². The molecule has 1 N–H and O–H groups in total. The van der Waals surface area contributed by atoms with E-state index in [1.54, 1.807) is 33.0 Å². The molecule has 1 saturated carbocycles. The monoisotopic (exact) mass is 375 g/mol. The number of amides is 1. The van der Waals surface area contributed by atoms with Crippen molar-refractivity contribution in [2.75, 3.05) is 6.61 Å². The number of ether oxygens (including phenoxy) is 2. The summed E-state index contributed by atoms with van der Waals surface area (Å²) < 4.78 is 10.8. The van der Waals surface area contributed by atoms with E-state index >= 15 is 0 Å². The second kappa shape index (κ2) is 7.94. The van der Waals surface area contributed by atoms with Gasteiger partial charge in [-0.1, -0.05) is 11.2 Å². The molecule has 2 heterocycles. The normalized spacial score (nSPS) is 19.1. The van der Waals surface area contributed by atoms with Gasteiger partial charge in [-0.05, 0) is 45.1 Å². The fourth-order valence-electron chi connectivity index (χ4n) is 2.37. The van der Waals surface area contributed by atoms with E-state index in [2.05, 4.69) is 15.5 Å². The third-order valence-corrected chi connectivity index (χ3v) is 4.02. The van der Waals surface area contributed by atoms with Gasteiger partial charge in [0.15, 0.2) is 5.71 Å². The van der Waals surface area contributed by atoms with E-state index in [0.717, 1.165) is 5.56 Å². The summed E-state index contributed by atoms with van der Waals surface area (Å²) in [5, 5.41) is 6.44. The van der Waals surface area contributed by atoms with Gasteiger partial charge in [0.05, 0.1) is 6.61 Å². The molecule has 3 rings (SSSR count). The minimum Gasteiger partial charge on any atom is -0.477 e. The van der Waals surface area contributed by atoms with Gasteiger partial charge in [0.25, 0.3) is 5.91 Å². The van der Waals surface area contributed by atoms with Crippen LogP contribution >= 0.6 is 0 Å². The van der Waals surface area contributed by atoms with Gasteiger partial charge in [-0.25, -0.2) is 9.78 Å². The lowest BCUT2D eigenvalue weighted by atomic mass is 10.1. The van der Waals surface area contributed by atoms with Crippen LogP contribution in [0.15, 0.2) is 23.5 Å². The highest BCUT2D eigenvalue weighted by Gasteiger charge is 2.33. The average molecular weight is 375 g/mol. The van der Waals surface area contributed by atoms with Crippen LogP contribution < -0.4 is 10.1 Å². The van der Waals surface area contributed by atoms with Gasteiger partial charge in [-0.15, -0.1) is 0 Å². The van der Waals surface area contributed by atoms with Crippen molar-refractivity contribution < 1.29 is 23.9 Å².